The number of amides is 1. The van der Waals surface area contributed by atoms with Crippen molar-refractivity contribution in [1.82, 2.24) is 20.4 Å². The minimum absolute atomic E-state index is 0. The summed E-state index contributed by atoms with van der Waals surface area (Å²) in [5.74, 6) is 0.756. The molecule has 0 saturated carbocycles. The maximum atomic E-state index is 12.0. The fourth-order valence-corrected chi connectivity index (χ4v) is 3.65. The van der Waals surface area contributed by atoms with E-state index in [1.54, 1.807) is 11.9 Å². The Morgan fingerprint density at radius 2 is 2.04 bits per heavy atom. The van der Waals surface area contributed by atoms with Gasteiger partial charge in [-0.05, 0) is 40.2 Å². The third kappa shape index (κ3) is 6.35. The molecule has 3 heterocycles. The van der Waals surface area contributed by atoms with Gasteiger partial charge in [-0.15, -0.1) is 24.0 Å². The topological polar surface area (TPSA) is 78.4 Å². The molecule has 3 aliphatic heterocycles. The fourth-order valence-electron chi connectivity index (χ4n) is 3.65. The van der Waals surface area contributed by atoms with E-state index in [0.717, 1.165) is 25.7 Å². The number of morpholine rings is 1. The summed E-state index contributed by atoms with van der Waals surface area (Å²) in [6, 6.07) is 0.821. The first kappa shape index (κ1) is 22.5. The second kappa shape index (κ2) is 9.60. The molecule has 156 valence electrons. The van der Waals surface area contributed by atoms with Gasteiger partial charge >= 0.3 is 6.09 Å². The van der Waals surface area contributed by atoms with Gasteiger partial charge in [-0.25, -0.2) is 4.79 Å². The van der Waals surface area contributed by atoms with Gasteiger partial charge < -0.3 is 25.0 Å². The van der Waals surface area contributed by atoms with E-state index in [9.17, 15) is 4.79 Å². The lowest BCUT2D eigenvalue weighted by atomic mass is 10.1. The van der Waals surface area contributed by atoms with Crippen LogP contribution in [0.3, 0.4) is 0 Å². The van der Waals surface area contributed by atoms with Crippen LogP contribution >= 0.6 is 24.0 Å². The lowest BCUT2D eigenvalue weighted by Crippen LogP contribution is -2.63. The second-order valence-corrected chi connectivity index (χ2v) is 8.43. The first-order valence-electron chi connectivity index (χ1n) is 9.65. The Labute approximate surface area is 179 Å². The van der Waals surface area contributed by atoms with Crippen molar-refractivity contribution in [3.63, 3.8) is 0 Å². The van der Waals surface area contributed by atoms with Crippen LogP contribution in [-0.4, -0.2) is 92.0 Å². The van der Waals surface area contributed by atoms with Crippen LogP contribution in [0.2, 0.25) is 0 Å². The molecule has 0 aromatic carbocycles. The molecule has 9 heteroatoms. The Morgan fingerprint density at radius 1 is 1.30 bits per heavy atom. The Morgan fingerprint density at radius 3 is 2.70 bits per heavy atom. The second-order valence-electron chi connectivity index (χ2n) is 8.43. The summed E-state index contributed by atoms with van der Waals surface area (Å²) in [6.07, 6.45) is 2.49. The van der Waals surface area contributed by atoms with Gasteiger partial charge in [-0.3, -0.25) is 9.89 Å². The highest BCUT2D eigenvalue weighted by Gasteiger charge is 2.35. The van der Waals surface area contributed by atoms with Crippen LogP contribution in [0.15, 0.2) is 4.99 Å². The van der Waals surface area contributed by atoms with E-state index in [-0.39, 0.29) is 42.2 Å². The highest BCUT2D eigenvalue weighted by molar-refractivity contribution is 14.0. The number of ether oxygens (including phenoxy) is 2. The first-order valence-corrected chi connectivity index (χ1v) is 9.65. The number of halogens is 1. The van der Waals surface area contributed by atoms with Gasteiger partial charge in [0.05, 0.1) is 18.8 Å². The molecule has 0 bridgehead atoms. The maximum Gasteiger partial charge on any atom is 0.410 e. The quantitative estimate of drug-likeness (QED) is 0.349. The predicted molar refractivity (Wildman–Crippen MR) is 116 cm³/mol. The van der Waals surface area contributed by atoms with Crippen molar-refractivity contribution in [2.75, 3.05) is 46.4 Å². The zero-order valence-electron chi connectivity index (χ0n) is 16.9. The number of nitrogens with one attached hydrogen (secondary N) is 2. The van der Waals surface area contributed by atoms with E-state index in [4.69, 9.17) is 9.47 Å². The van der Waals surface area contributed by atoms with E-state index >= 15 is 0 Å². The minimum atomic E-state index is -0.457. The van der Waals surface area contributed by atoms with E-state index in [1.807, 2.05) is 20.8 Å². The Hall–Kier alpha value is -0.810. The number of aliphatic imine (C=N–C) groups is 1. The van der Waals surface area contributed by atoms with Crippen molar-refractivity contribution in [3.8, 4) is 0 Å². The van der Waals surface area contributed by atoms with Gasteiger partial charge in [0.1, 0.15) is 5.60 Å². The van der Waals surface area contributed by atoms with Gasteiger partial charge in [-0.2, -0.15) is 0 Å². The first-order chi connectivity index (χ1) is 12.3. The molecule has 3 aliphatic rings. The average molecular weight is 495 g/mol. The van der Waals surface area contributed by atoms with Crippen LogP contribution in [0.4, 0.5) is 4.79 Å². The lowest BCUT2D eigenvalue weighted by Gasteiger charge is -2.40. The van der Waals surface area contributed by atoms with Gasteiger partial charge in [0, 0.05) is 39.3 Å². The molecule has 1 amide bonds. The number of guanidine groups is 1. The molecular formula is C18H34IN5O3. The number of fused-ring (bicyclic) bond motifs is 1. The molecule has 0 radical (unpaired) electrons. The molecule has 8 nitrogen and oxygen atoms in total. The van der Waals surface area contributed by atoms with Crippen molar-refractivity contribution in [2.45, 2.75) is 57.4 Å². The summed E-state index contributed by atoms with van der Waals surface area (Å²) in [5, 5.41) is 6.71. The summed E-state index contributed by atoms with van der Waals surface area (Å²) < 4.78 is 11.3. The van der Waals surface area contributed by atoms with Crippen molar-refractivity contribution < 1.29 is 14.3 Å². The Bertz CT molecular complexity index is 534. The van der Waals surface area contributed by atoms with Crippen molar-refractivity contribution in [3.05, 3.63) is 0 Å². The van der Waals surface area contributed by atoms with Gasteiger partial charge in [0.25, 0.3) is 0 Å². The molecule has 2 unspecified atom stereocenters. The molecule has 2 N–H and O–H groups in total. The van der Waals surface area contributed by atoms with Crippen LogP contribution in [-0.2, 0) is 9.47 Å². The third-order valence-corrected chi connectivity index (χ3v) is 5.06. The molecule has 0 spiro atoms. The van der Waals surface area contributed by atoms with Crippen LogP contribution in [0, 0.1) is 0 Å². The summed E-state index contributed by atoms with van der Waals surface area (Å²) in [4.78, 5) is 20.5. The van der Waals surface area contributed by atoms with Crippen LogP contribution in [0.1, 0.15) is 33.6 Å². The van der Waals surface area contributed by atoms with E-state index in [2.05, 4.69) is 20.5 Å². The smallest absolute Gasteiger partial charge is 0.410 e. The summed E-state index contributed by atoms with van der Waals surface area (Å²) in [5.41, 5.74) is -0.457. The summed E-state index contributed by atoms with van der Waals surface area (Å²) >= 11 is 0. The van der Waals surface area contributed by atoms with Gasteiger partial charge in [0.15, 0.2) is 5.96 Å². The average Bonchev–Trinajstić information content (AvgIpc) is 2.99. The highest BCUT2D eigenvalue weighted by Crippen LogP contribution is 2.22. The van der Waals surface area contributed by atoms with Crippen LogP contribution in [0.5, 0.6) is 0 Å². The normalized spacial score (nSPS) is 26.7. The van der Waals surface area contributed by atoms with Crippen molar-refractivity contribution in [1.29, 1.82) is 0 Å². The fraction of sp³-hybridized carbons (Fsp3) is 0.889. The molecular weight excluding hydrogens is 461 g/mol. The minimum Gasteiger partial charge on any atom is -0.444 e. The maximum absolute atomic E-state index is 12.0. The number of carbonyl (C=O) groups excluding carboxylic acids is 1. The zero-order valence-corrected chi connectivity index (χ0v) is 19.2. The van der Waals surface area contributed by atoms with Gasteiger partial charge in [-0.1, -0.05) is 0 Å². The molecule has 3 saturated heterocycles. The largest absolute Gasteiger partial charge is 0.444 e. The highest BCUT2D eigenvalue weighted by atomic mass is 127. The number of likely N-dealkylation sites (tertiary alicyclic amines) is 1. The molecule has 2 atom stereocenters. The molecule has 0 aromatic rings. The lowest BCUT2D eigenvalue weighted by molar-refractivity contribution is -0.0453. The molecule has 27 heavy (non-hydrogen) atoms. The molecule has 3 rings (SSSR count). The molecule has 0 aromatic heterocycles. The number of nitrogens with zero attached hydrogens (tertiary/aromatic N) is 3. The SMILES string of the molecule is CN=C(NCC1CN2CCCC2CO1)NC1CN(C(=O)OC(C)(C)C)C1.I. The van der Waals surface area contributed by atoms with Crippen molar-refractivity contribution >= 4 is 36.0 Å². The number of carbonyl (C=O) groups is 1. The number of hydrogen-bond acceptors (Lipinski definition) is 5. The van der Waals surface area contributed by atoms with Gasteiger partial charge in [0.2, 0.25) is 0 Å². The third-order valence-electron chi connectivity index (χ3n) is 5.06. The number of hydrogen-bond donors (Lipinski definition) is 2. The molecule has 3 fully saturated rings. The van der Waals surface area contributed by atoms with E-state index in [1.165, 1.54) is 19.4 Å². The van der Waals surface area contributed by atoms with E-state index < -0.39 is 5.60 Å². The monoisotopic (exact) mass is 495 g/mol. The Kier molecular flexibility index (Phi) is 7.99. The number of rotatable bonds is 3. The van der Waals surface area contributed by atoms with E-state index in [0.29, 0.717) is 19.1 Å². The van der Waals surface area contributed by atoms with Crippen LogP contribution in [0.25, 0.3) is 0 Å². The summed E-state index contributed by atoms with van der Waals surface area (Å²) in [6.45, 7) is 10.7. The zero-order chi connectivity index (χ0) is 18.7. The summed E-state index contributed by atoms with van der Waals surface area (Å²) in [7, 11) is 1.76. The standard InChI is InChI=1S/C18H33N5O3.HI/c1-18(2,3)26-17(24)23-9-13(10-23)21-16(19-4)20-8-15-11-22-7-5-6-14(22)12-25-15;/h13-15H,5-12H2,1-4H3,(H2,19,20,21);1H. The molecule has 0 aliphatic carbocycles. The predicted octanol–water partition coefficient (Wildman–Crippen LogP) is 1.25. The Balaban J connectivity index is 0.00000261. The van der Waals surface area contributed by atoms with Crippen molar-refractivity contribution in [2.24, 2.45) is 4.99 Å². The van der Waals surface area contributed by atoms with Crippen LogP contribution < -0.4 is 10.6 Å².